The Kier molecular flexibility index (Phi) is 6.14. The van der Waals surface area contributed by atoms with E-state index in [9.17, 15) is 5.11 Å². The number of rotatable bonds is 7. The second kappa shape index (κ2) is 8.32. The highest BCUT2D eigenvalue weighted by Gasteiger charge is 2.30. The summed E-state index contributed by atoms with van der Waals surface area (Å²) in [5.41, 5.74) is 1.39. The molecule has 24 heavy (non-hydrogen) atoms. The molecule has 2 aliphatic heterocycles. The molecule has 0 radical (unpaired) electrons. The quantitative estimate of drug-likeness (QED) is 0.833. The van der Waals surface area contributed by atoms with Gasteiger partial charge in [0.25, 0.3) is 0 Å². The lowest BCUT2D eigenvalue weighted by Crippen LogP contribution is -2.43. The Morgan fingerprint density at radius 1 is 1.04 bits per heavy atom. The first-order valence-electron chi connectivity index (χ1n) is 9.44. The Balaban J connectivity index is 1.44. The SMILES string of the molecule is CC1(CO)CCCN(Cc2ccc(OCCN3CCCC3)cc2)C1. The molecule has 0 saturated carbocycles. The van der Waals surface area contributed by atoms with E-state index in [0.717, 1.165) is 45.0 Å². The average molecular weight is 332 g/mol. The molecule has 134 valence electrons. The van der Waals surface area contributed by atoms with Crippen molar-refractivity contribution in [2.24, 2.45) is 5.41 Å². The Bertz CT molecular complexity index is 499. The normalized spacial score (nSPS) is 25.9. The molecular weight excluding hydrogens is 300 g/mol. The number of likely N-dealkylation sites (tertiary alicyclic amines) is 2. The number of ether oxygens (including phenoxy) is 1. The third kappa shape index (κ3) is 4.95. The van der Waals surface area contributed by atoms with Gasteiger partial charge in [-0.1, -0.05) is 19.1 Å². The van der Waals surface area contributed by atoms with Crippen LogP contribution < -0.4 is 4.74 Å². The van der Waals surface area contributed by atoms with Crippen molar-refractivity contribution >= 4 is 0 Å². The van der Waals surface area contributed by atoms with E-state index in [0.29, 0.717) is 0 Å². The first kappa shape index (κ1) is 17.7. The third-order valence-corrected chi connectivity index (χ3v) is 5.45. The third-order valence-electron chi connectivity index (χ3n) is 5.45. The number of nitrogens with zero attached hydrogens (tertiary/aromatic N) is 2. The second-order valence-corrected chi connectivity index (χ2v) is 7.82. The van der Waals surface area contributed by atoms with Crippen molar-refractivity contribution in [1.82, 2.24) is 9.80 Å². The van der Waals surface area contributed by atoms with Crippen LogP contribution >= 0.6 is 0 Å². The Morgan fingerprint density at radius 2 is 1.75 bits per heavy atom. The van der Waals surface area contributed by atoms with Gasteiger partial charge in [0.15, 0.2) is 0 Å². The predicted octanol–water partition coefficient (Wildman–Crippen LogP) is 2.76. The largest absolute Gasteiger partial charge is 0.492 e. The maximum absolute atomic E-state index is 9.58. The number of piperidine rings is 1. The van der Waals surface area contributed by atoms with Crippen LogP contribution in [0.4, 0.5) is 0 Å². The van der Waals surface area contributed by atoms with Gasteiger partial charge in [-0.25, -0.2) is 0 Å². The van der Waals surface area contributed by atoms with Crippen LogP contribution in [0.3, 0.4) is 0 Å². The van der Waals surface area contributed by atoms with Gasteiger partial charge in [-0.2, -0.15) is 0 Å². The Morgan fingerprint density at radius 3 is 2.46 bits per heavy atom. The first-order valence-corrected chi connectivity index (χ1v) is 9.44. The molecule has 2 heterocycles. The van der Waals surface area contributed by atoms with Gasteiger partial charge in [-0.15, -0.1) is 0 Å². The van der Waals surface area contributed by atoms with E-state index in [1.165, 1.54) is 37.9 Å². The van der Waals surface area contributed by atoms with Crippen LogP contribution in [-0.2, 0) is 6.54 Å². The molecule has 2 aliphatic rings. The fourth-order valence-electron chi connectivity index (χ4n) is 3.94. The summed E-state index contributed by atoms with van der Waals surface area (Å²) in [6.45, 7) is 9.82. The molecule has 2 fully saturated rings. The zero-order valence-corrected chi connectivity index (χ0v) is 15.0. The van der Waals surface area contributed by atoms with E-state index in [1.54, 1.807) is 0 Å². The van der Waals surface area contributed by atoms with Gasteiger partial charge in [0.2, 0.25) is 0 Å². The van der Waals surface area contributed by atoms with Crippen LogP contribution in [0, 0.1) is 5.41 Å². The van der Waals surface area contributed by atoms with Crippen LogP contribution in [0.25, 0.3) is 0 Å². The van der Waals surface area contributed by atoms with Crippen LogP contribution in [0.1, 0.15) is 38.2 Å². The van der Waals surface area contributed by atoms with Crippen LogP contribution in [-0.4, -0.2) is 60.8 Å². The summed E-state index contributed by atoms with van der Waals surface area (Å²) < 4.78 is 5.88. The second-order valence-electron chi connectivity index (χ2n) is 7.82. The van der Waals surface area contributed by atoms with Crippen LogP contribution in [0.2, 0.25) is 0 Å². The van der Waals surface area contributed by atoms with Crippen molar-refractivity contribution in [3.8, 4) is 5.75 Å². The highest BCUT2D eigenvalue weighted by atomic mass is 16.5. The lowest BCUT2D eigenvalue weighted by molar-refractivity contribution is 0.0429. The molecule has 1 atom stereocenters. The van der Waals surface area contributed by atoms with Crippen molar-refractivity contribution in [3.05, 3.63) is 29.8 Å². The summed E-state index contributed by atoms with van der Waals surface area (Å²) in [5.74, 6) is 0.969. The highest BCUT2D eigenvalue weighted by Crippen LogP contribution is 2.29. The van der Waals surface area contributed by atoms with Gasteiger partial charge < -0.3 is 9.84 Å². The summed E-state index contributed by atoms with van der Waals surface area (Å²) in [4.78, 5) is 4.94. The predicted molar refractivity (Wildman–Crippen MR) is 97.3 cm³/mol. The summed E-state index contributed by atoms with van der Waals surface area (Å²) in [6, 6.07) is 8.54. The van der Waals surface area contributed by atoms with E-state index in [4.69, 9.17) is 4.74 Å². The molecule has 1 aromatic rings. The van der Waals surface area contributed by atoms with Gasteiger partial charge in [0.05, 0.1) is 0 Å². The maximum atomic E-state index is 9.58. The van der Waals surface area contributed by atoms with Gasteiger partial charge in [0, 0.05) is 31.7 Å². The number of benzene rings is 1. The molecule has 4 heteroatoms. The fourth-order valence-corrected chi connectivity index (χ4v) is 3.94. The molecule has 3 rings (SSSR count). The topological polar surface area (TPSA) is 35.9 Å². The van der Waals surface area contributed by atoms with Crippen molar-refractivity contribution in [2.45, 2.75) is 39.2 Å². The molecule has 2 saturated heterocycles. The van der Waals surface area contributed by atoms with Crippen molar-refractivity contribution < 1.29 is 9.84 Å². The molecule has 1 N–H and O–H groups in total. The van der Waals surface area contributed by atoms with E-state index >= 15 is 0 Å². The molecule has 0 spiro atoms. The lowest BCUT2D eigenvalue weighted by atomic mass is 9.82. The molecular formula is C20H32N2O2. The monoisotopic (exact) mass is 332 g/mol. The minimum atomic E-state index is 0.0663. The first-order chi connectivity index (χ1) is 11.7. The number of hydrogen-bond acceptors (Lipinski definition) is 4. The van der Waals surface area contributed by atoms with Gasteiger partial charge in [-0.3, -0.25) is 9.80 Å². The Labute approximate surface area is 146 Å². The maximum Gasteiger partial charge on any atom is 0.119 e. The van der Waals surface area contributed by atoms with Crippen molar-refractivity contribution in [3.63, 3.8) is 0 Å². The average Bonchev–Trinajstić information content (AvgIpc) is 3.10. The molecule has 0 aliphatic carbocycles. The van der Waals surface area contributed by atoms with Gasteiger partial charge >= 0.3 is 0 Å². The molecule has 0 amide bonds. The summed E-state index contributed by atoms with van der Waals surface area (Å²) in [5, 5.41) is 9.58. The molecule has 1 aromatic carbocycles. The number of aliphatic hydroxyl groups excluding tert-OH is 1. The fraction of sp³-hybridized carbons (Fsp3) is 0.700. The van der Waals surface area contributed by atoms with E-state index in [-0.39, 0.29) is 12.0 Å². The van der Waals surface area contributed by atoms with E-state index < -0.39 is 0 Å². The number of aliphatic hydroxyl groups is 1. The van der Waals surface area contributed by atoms with Gasteiger partial charge in [0.1, 0.15) is 12.4 Å². The van der Waals surface area contributed by atoms with Crippen molar-refractivity contribution in [2.75, 3.05) is 45.9 Å². The molecule has 1 unspecified atom stereocenters. The van der Waals surface area contributed by atoms with Crippen molar-refractivity contribution in [1.29, 1.82) is 0 Å². The zero-order chi connectivity index (χ0) is 16.8. The minimum absolute atomic E-state index is 0.0663. The van der Waals surface area contributed by atoms with E-state index in [1.807, 2.05) is 0 Å². The molecule has 0 bridgehead atoms. The van der Waals surface area contributed by atoms with Crippen LogP contribution in [0.5, 0.6) is 5.75 Å². The lowest BCUT2D eigenvalue weighted by Gasteiger charge is -2.39. The van der Waals surface area contributed by atoms with Crippen LogP contribution in [0.15, 0.2) is 24.3 Å². The number of hydrogen-bond donors (Lipinski definition) is 1. The standard InChI is InChI=1S/C20H32N2O2/c1-20(17-23)9-4-12-22(16-20)15-18-5-7-19(8-6-18)24-14-13-21-10-2-3-11-21/h5-8,23H,2-4,9-17H2,1H3. The highest BCUT2D eigenvalue weighted by molar-refractivity contribution is 5.27. The van der Waals surface area contributed by atoms with E-state index in [2.05, 4.69) is 41.0 Å². The smallest absolute Gasteiger partial charge is 0.119 e. The summed E-state index contributed by atoms with van der Waals surface area (Å²) in [7, 11) is 0. The Hall–Kier alpha value is -1.10. The molecule has 4 nitrogen and oxygen atoms in total. The molecule has 0 aromatic heterocycles. The summed E-state index contributed by atoms with van der Waals surface area (Å²) in [6.07, 6.45) is 4.97. The minimum Gasteiger partial charge on any atom is -0.492 e. The van der Waals surface area contributed by atoms with Gasteiger partial charge in [-0.05, 0) is 63.0 Å². The summed E-state index contributed by atoms with van der Waals surface area (Å²) >= 11 is 0. The zero-order valence-electron chi connectivity index (χ0n) is 15.0.